The first-order valence-electron chi connectivity index (χ1n) is 7.42. The van der Waals surface area contributed by atoms with E-state index < -0.39 is 12.2 Å². The van der Waals surface area contributed by atoms with Crippen LogP contribution in [0.5, 0.6) is 0 Å². The number of rotatable bonds is 0. The van der Waals surface area contributed by atoms with Crippen molar-refractivity contribution in [3.05, 3.63) is 60.8 Å². The molecule has 0 fully saturated rings. The molecule has 0 aliphatic heterocycles. The van der Waals surface area contributed by atoms with Crippen LogP contribution in [0.3, 0.4) is 0 Å². The van der Waals surface area contributed by atoms with Gasteiger partial charge in [-0.3, -0.25) is 0 Å². The van der Waals surface area contributed by atoms with Crippen molar-refractivity contribution >= 4 is 0 Å². The van der Waals surface area contributed by atoms with Gasteiger partial charge in [0.15, 0.2) is 0 Å². The fourth-order valence-corrected chi connectivity index (χ4v) is 0. The fraction of sp³-hybridized carbons (Fsp3) is 0.500. The highest BCUT2D eigenvalue weighted by Crippen LogP contribution is 2.03. The molecule has 0 aliphatic carbocycles. The van der Waals surface area contributed by atoms with Crippen molar-refractivity contribution in [3.63, 3.8) is 0 Å². The van der Waals surface area contributed by atoms with Gasteiger partial charge in [-0.1, -0.05) is 30.6 Å². The van der Waals surface area contributed by atoms with Gasteiger partial charge in [-0.2, -0.15) is 17.6 Å². The van der Waals surface area contributed by atoms with Gasteiger partial charge in [0.1, 0.15) is 0 Å². The van der Waals surface area contributed by atoms with Crippen molar-refractivity contribution < 1.29 is 17.6 Å². The predicted octanol–water partition coefficient (Wildman–Crippen LogP) is 9.35. The highest BCUT2D eigenvalue weighted by Gasteiger charge is 1.86. The second-order valence-electron chi connectivity index (χ2n) is 5.22. The molecule has 0 aromatic rings. The normalized spacial score (nSPS) is 6.58. The summed E-state index contributed by atoms with van der Waals surface area (Å²) >= 11 is 0. The van der Waals surface area contributed by atoms with E-state index in [1.165, 1.54) is 30.6 Å². The molecular formula is C20H38F4. The monoisotopic (exact) mass is 354 g/mol. The number of hydrogen-bond donors (Lipinski definition) is 0. The summed E-state index contributed by atoms with van der Waals surface area (Å²) in [6.45, 7) is 31.5. The Morgan fingerprint density at radius 2 is 0.542 bits per heavy atom. The minimum absolute atomic E-state index is 0.0926. The summed E-state index contributed by atoms with van der Waals surface area (Å²) in [6, 6.07) is 0. The molecule has 0 heterocycles. The van der Waals surface area contributed by atoms with Gasteiger partial charge in [-0.15, -0.1) is 19.7 Å². The van der Waals surface area contributed by atoms with Crippen LogP contribution in [0.25, 0.3) is 0 Å². The van der Waals surface area contributed by atoms with Crippen LogP contribution < -0.4 is 0 Å². The Balaban J connectivity index is -0.0000000415. The first-order valence-corrected chi connectivity index (χ1v) is 7.42. The lowest BCUT2D eigenvalue weighted by Gasteiger charge is -1.78. The molecule has 0 aromatic heterocycles. The Kier molecular flexibility index (Phi) is 52.7. The van der Waals surface area contributed by atoms with Crippen molar-refractivity contribution in [1.82, 2.24) is 0 Å². The van der Waals surface area contributed by atoms with E-state index in [1.807, 2.05) is 55.4 Å². The Morgan fingerprint density at radius 1 is 0.500 bits per heavy atom. The van der Waals surface area contributed by atoms with Crippen LogP contribution in [-0.2, 0) is 0 Å². The Morgan fingerprint density at radius 3 is 0.542 bits per heavy atom. The average Bonchev–Trinajstić information content (AvgIpc) is 2.28. The van der Waals surface area contributed by atoms with Crippen molar-refractivity contribution in [3.8, 4) is 0 Å². The van der Waals surface area contributed by atoms with Crippen LogP contribution in [0, 0.1) is 0 Å². The van der Waals surface area contributed by atoms with Gasteiger partial charge in [0.05, 0.1) is 0 Å². The maximum atomic E-state index is 11.0. The first kappa shape index (κ1) is 38.2. The zero-order chi connectivity index (χ0) is 21.5. The van der Waals surface area contributed by atoms with E-state index >= 15 is 0 Å². The molecule has 0 radical (unpaired) electrons. The zero-order valence-corrected chi connectivity index (χ0v) is 17.3. The Bertz CT molecular complexity index is 269. The van der Waals surface area contributed by atoms with Crippen LogP contribution in [0.2, 0.25) is 0 Å². The van der Waals surface area contributed by atoms with Gasteiger partial charge in [-0.25, -0.2) is 0 Å². The minimum atomic E-state index is -1.83. The maximum Gasteiger partial charge on any atom is 0.268 e. The van der Waals surface area contributed by atoms with E-state index in [1.54, 1.807) is 0 Å². The van der Waals surface area contributed by atoms with Crippen LogP contribution in [-0.4, -0.2) is 0 Å². The third-order valence-corrected chi connectivity index (χ3v) is 0.378. The molecule has 0 N–H and O–H groups in total. The van der Waals surface area contributed by atoms with Gasteiger partial charge < -0.3 is 0 Å². The van der Waals surface area contributed by atoms with E-state index in [-0.39, 0.29) is 5.57 Å². The largest absolute Gasteiger partial charge is 0.268 e. The number of hydrogen-bond acceptors (Lipinski definition) is 0. The molecule has 24 heavy (non-hydrogen) atoms. The van der Waals surface area contributed by atoms with Crippen molar-refractivity contribution in [2.45, 2.75) is 69.2 Å². The molecule has 0 aromatic carbocycles. The summed E-state index contributed by atoms with van der Waals surface area (Å²) < 4.78 is 42.4. The molecule has 0 unspecified atom stereocenters. The lowest BCUT2D eigenvalue weighted by Crippen LogP contribution is -1.61. The maximum absolute atomic E-state index is 11.0. The molecule has 0 amide bonds. The van der Waals surface area contributed by atoms with Crippen LogP contribution >= 0.6 is 0 Å². The molecule has 0 spiro atoms. The van der Waals surface area contributed by atoms with Crippen LogP contribution in [0.4, 0.5) is 17.6 Å². The van der Waals surface area contributed by atoms with Crippen LogP contribution in [0.15, 0.2) is 60.8 Å². The van der Waals surface area contributed by atoms with Crippen molar-refractivity contribution in [2.75, 3.05) is 0 Å². The molecule has 0 saturated heterocycles. The minimum Gasteiger partial charge on any atom is -0.174 e. The van der Waals surface area contributed by atoms with Gasteiger partial charge in [0.2, 0.25) is 0 Å². The lowest BCUT2D eigenvalue weighted by atomic mass is 10.4. The fourth-order valence-electron chi connectivity index (χ4n) is 0. The number of halogens is 4. The molecule has 0 atom stereocenters. The van der Waals surface area contributed by atoms with Gasteiger partial charge in [-0.05, 0) is 67.5 Å². The second kappa shape index (κ2) is 33.1. The smallest absolute Gasteiger partial charge is 0.174 e. The Labute approximate surface area is 148 Å². The molecule has 0 aliphatic rings. The molecule has 4 heteroatoms. The second-order valence-corrected chi connectivity index (χ2v) is 5.22. The molecule has 0 saturated carbocycles. The van der Waals surface area contributed by atoms with E-state index in [2.05, 4.69) is 26.3 Å². The van der Waals surface area contributed by atoms with E-state index in [9.17, 15) is 17.6 Å². The zero-order valence-electron chi connectivity index (χ0n) is 17.3. The van der Waals surface area contributed by atoms with Gasteiger partial charge in [0.25, 0.3) is 12.2 Å². The topological polar surface area (TPSA) is 0 Å². The molecule has 0 bridgehead atoms. The SMILES string of the molecule is C=C(C)C.C=C(C)C.C=C(C)C.C=C(F)F.CC.CC(C)=C(F)F. The van der Waals surface area contributed by atoms with Gasteiger partial charge in [0, 0.05) is 0 Å². The summed E-state index contributed by atoms with van der Waals surface area (Å²) in [6.07, 6.45) is -3.41. The summed E-state index contributed by atoms with van der Waals surface area (Å²) in [4.78, 5) is 0. The van der Waals surface area contributed by atoms with Crippen LogP contribution in [0.1, 0.15) is 69.2 Å². The third-order valence-electron chi connectivity index (χ3n) is 0.378. The summed E-state index contributed by atoms with van der Waals surface area (Å²) in [5, 5.41) is 0. The highest BCUT2D eigenvalue weighted by molar-refractivity contribution is 4.92. The lowest BCUT2D eigenvalue weighted by molar-refractivity contribution is 0.412. The van der Waals surface area contributed by atoms with Crippen molar-refractivity contribution in [1.29, 1.82) is 0 Å². The summed E-state index contributed by atoms with van der Waals surface area (Å²) in [5.41, 5.74) is 3.59. The predicted molar refractivity (Wildman–Crippen MR) is 105 cm³/mol. The van der Waals surface area contributed by atoms with E-state index in [4.69, 9.17) is 0 Å². The number of allylic oxidation sites excluding steroid dienone is 4. The molecule has 0 rings (SSSR count). The standard InChI is InChI=1S/C4H6F2.3C4H8.C2H2F2.C2H6/c1-3(2)4(5)6;3*1-4(2)3;1-2(3)4;1-2/h1-2H3;3*1H2,2-3H3;1H2;1-2H3. The average molecular weight is 355 g/mol. The van der Waals surface area contributed by atoms with E-state index in [0.717, 1.165) is 0 Å². The molecular weight excluding hydrogens is 316 g/mol. The molecule has 0 nitrogen and oxygen atoms in total. The summed E-state index contributed by atoms with van der Waals surface area (Å²) in [5.74, 6) is 0. The van der Waals surface area contributed by atoms with Crippen molar-refractivity contribution in [2.24, 2.45) is 0 Å². The van der Waals surface area contributed by atoms with E-state index in [0.29, 0.717) is 0 Å². The highest BCUT2D eigenvalue weighted by atomic mass is 19.3. The quantitative estimate of drug-likeness (QED) is 0.300. The molecule has 146 valence electrons. The van der Waals surface area contributed by atoms with Gasteiger partial charge >= 0.3 is 0 Å². The summed E-state index contributed by atoms with van der Waals surface area (Å²) in [7, 11) is 0. The first-order chi connectivity index (χ1) is 10.6. The Hall–Kier alpha value is -1.58. The third kappa shape index (κ3) is 1310.